The summed E-state index contributed by atoms with van der Waals surface area (Å²) >= 11 is 0. The predicted octanol–water partition coefficient (Wildman–Crippen LogP) is 2.48. The number of aryl methyl sites for hydroxylation is 1. The third-order valence-electron chi connectivity index (χ3n) is 5.85. The van der Waals surface area contributed by atoms with E-state index in [2.05, 4.69) is 0 Å². The van der Waals surface area contributed by atoms with Gasteiger partial charge < -0.3 is 5.73 Å². The SMILES string of the molecule is Cn1nc(C23CC4CC(CC(C4)C2)C3)nc1C(C)(C)N. The number of aromatic nitrogens is 3. The van der Waals surface area contributed by atoms with E-state index in [1.54, 1.807) is 0 Å². The van der Waals surface area contributed by atoms with Crippen LogP contribution in [0.1, 0.15) is 64.0 Å². The molecule has 0 saturated heterocycles. The average Bonchev–Trinajstić information content (AvgIpc) is 2.69. The van der Waals surface area contributed by atoms with E-state index in [0.29, 0.717) is 0 Å². The first-order valence-corrected chi connectivity index (χ1v) is 8.07. The van der Waals surface area contributed by atoms with Crippen LogP contribution in [0, 0.1) is 17.8 Å². The van der Waals surface area contributed by atoms with Crippen molar-refractivity contribution >= 4 is 0 Å². The normalized spacial score (nSPS) is 39.5. The van der Waals surface area contributed by atoms with Crippen LogP contribution in [-0.2, 0) is 18.0 Å². The van der Waals surface area contributed by atoms with Crippen molar-refractivity contribution in [2.45, 2.75) is 63.3 Å². The van der Waals surface area contributed by atoms with E-state index >= 15 is 0 Å². The van der Waals surface area contributed by atoms with Crippen molar-refractivity contribution < 1.29 is 0 Å². The quantitative estimate of drug-likeness (QED) is 0.901. The highest BCUT2D eigenvalue weighted by Gasteiger charge is 2.53. The summed E-state index contributed by atoms with van der Waals surface area (Å²) in [5, 5.41) is 4.79. The number of nitrogens with two attached hydrogens (primary N) is 1. The Balaban J connectivity index is 1.74. The second-order valence-corrected chi connectivity index (χ2v) is 8.30. The van der Waals surface area contributed by atoms with Gasteiger partial charge in [-0.3, -0.25) is 4.68 Å². The summed E-state index contributed by atoms with van der Waals surface area (Å²) in [6.07, 6.45) is 8.32. The smallest absolute Gasteiger partial charge is 0.157 e. The molecule has 0 aromatic carbocycles. The molecule has 0 aliphatic heterocycles. The minimum Gasteiger partial charge on any atom is -0.319 e. The topological polar surface area (TPSA) is 56.7 Å². The van der Waals surface area contributed by atoms with Gasteiger partial charge in [-0.05, 0) is 70.1 Å². The molecular formula is C16H26N4. The average molecular weight is 274 g/mol. The van der Waals surface area contributed by atoms with Gasteiger partial charge in [0.25, 0.3) is 0 Å². The first kappa shape index (κ1) is 12.8. The Morgan fingerprint density at radius 1 is 1.10 bits per heavy atom. The summed E-state index contributed by atoms with van der Waals surface area (Å²) in [6, 6.07) is 0. The molecule has 2 N–H and O–H groups in total. The van der Waals surface area contributed by atoms with Gasteiger partial charge in [0.05, 0.1) is 5.54 Å². The fourth-order valence-corrected chi connectivity index (χ4v) is 5.55. The molecule has 4 aliphatic carbocycles. The Morgan fingerprint density at radius 3 is 2.00 bits per heavy atom. The van der Waals surface area contributed by atoms with Crippen LogP contribution in [-0.4, -0.2) is 14.8 Å². The van der Waals surface area contributed by atoms with Crippen LogP contribution >= 0.6 is 0 Å². The van der Waals surface area contributed by atoms with Crippen LogP contribution in [0.3, 0.4) is 0 Å². The molecule has 0 spiro atoms. The van der Waals surface area contributed by atoms with Gasteiger partial charge in [0.15, 0.2) is 5.82 Å². The third kappa shape index (κ3) is 1.77. The van der Waals surface area contributed by atoms with Crippen LogP contribution < -0.4 is 5.73 Å². The highest BCUT2D eigenvalue weighted by molar-refractivity contribution is 5.19. The lowest BCUT2D eigenvalue weighted by atomic mass is 9.49. The second kappa shape index (κ2) is 3.85. The first-order valence-electron chi connectivity index (χ1n) is 8.07. The van der Waals surface area contributed by atoms with E-state index < -0.39 is 5.54 Å². The molecule has 4 aliphatic rings. The Kier molecular flexibility index (Phi) is 2.46. The van der Waals surface area contributed by atoms with Crippen LogP contribution in [0.2, 0.25) is 0 Å². The molecule has 5 rings (SSSR count). The van der Waals surface area contributed by atoms with E-state index in [0.717, 1.165) is 29.4 Å². The highest BCUT2D eigenvalue weighted by atomic mass is 15.3. The number of hydrogen-bond acceptors (Lipinski definition) is 3. The van der Waals surface area contributed by atoms with Crippen LogP contribution in [0.4, 0.5) is 0 Å². The Hall–Kier alpha value is -0.900. The maximum Gasteiger partial charge on any atom is 0.157 e. The monoisotopic (exact) mass is 274 g/mol. The van der Waals surface area contributed by atoms with Gasteiger partial charge in [-0.1, -0.05) is 0 Å². The van der Waals surface area contributed by atoms with Gasteiger partial charge in [-0.15, -0.1) is 0 Å². The van der Waals surface area contributed by atoms with Crippen molar-refractivity contribution in [3.8, 4) is 0 Å². The summed E-state index contributed by atoms with van der Waals surface area (Å²) in [7, 11) is 1.99. The molecule has 4 heteroatoms. The molecule has 0 atom stereocenters. The molecule has 1 aromatic rings. The number of rotatable bonds is 2. The molecule has 1 heterocycles. The van der Waals surface area contributed by atoms with Gasteiger partial charge in [0.2, 0.25) is 0 Å². The molecular weight excluding hydrogens is 248 g/mol. The second-order valence-electron chi connectivity index (χ2n) is 8.30. The standard InChI is InChI=1S/C16H26N4/c1-15(2,17)14-18-13(19-20(14)3)16-7-10-4-11(8-16)6-12(5-10)9-16/h10-12H,4-9,17H2,1-3H3. The molecule has 4 bridgehead atoms. The number of nitrogens with zero attached hydrogens (tertiary/aromatic N) is 3. The number of hydrogen-bond donors (Lipinski definition) is 1. The van der Waals surface area contributed by atoms with Gasteiger partial charge in [-0.2, -0.15) is 5.10 Å². The molecule has 0 radical (unpaired) electrons. The minimum atomic E-state index is -0.414. The van der Waals surface area contributed by atoms with Gasteiger partial charge in [0.1, 0.15) is 5.82 Å². The summed E-state index contributed by atoms with van der Waals surface area (Å²) in [6.45, 7) is 4.03. The Labute approximate surface area is 121 Å². The highest BCUT2D eigenvalue weighted by Crippen LogP contribution is 2.60. The maximum absolute atomic E-state index is 6.24. The third-order valence-corrected chi connectivity index (χ3v) is 5.85. The lowest BCUT2D eigenvalue weighted by Gasteiger charge is -2.55. The van der Waals surface area contributed by atoms with Gasteiger partial charge in [0, 0.05) is 12.5 Å². The molecule has 20 heavy (non-hydrogen) atoms. The lowest BCUT2D eigenvalue weighted by molar-refractivity contribution is -0.00943. The molecule has 0 unspecified atom stereocenters. The van der Waals surface area contributed by atoms with Crippen molar-refractivity contribution in [2.75, 3.05) is 0 Å². The van der Waals surface area contributed by atoms with Crippen molar-refractivity contribution in [3.05, 3.63) is 11.6 Å². The van der Waals surface area contributed by atoms with Gasteiger partial charge in [-0.25, -0.2) is 4.98 Å². The Bertz CT molecular complexity index is 502. The summed E-state index contributed by atoms with van der Waals surface area (Å²) in [5.41, 5.74) is 6.10. The zero-order chi connectivity index (χ0) is 14.1. The molecule has 0 amide bonds. The maximum atomic E-state index is 6.24. The lowest BCUT2D eigenvalue weighted by Crippen LogP contribution is -2.49. The zero-order valence-corrected chi connectivity index (χ0v) is 12.9. The van der Waals surface area contributed by atoms with Crippen LogP contribution in [0.25, 0.3) is 0 Å². The fourth-order valence-electron chi connectivity index (χ4n) is 5.55. The largest absolute Gasteiger partial charge is 0.319 e. The summed E-state index contributed by atoms with van der Waals surface area (Å²) < 4.78 is 1.91. The first-order chi connectivity index (χ1) is 9.36. The van der Waals surface area contributed by atoms with Crippen molar-refractivity contribution in [2.24, 2.45) is 30.5 Å². The fraction of sp³-hybridized carbons (Fsp3) is 0.875. The van der Waals surface area contributed by atoms with Crippen LogP contribution in [0.5, 0.6) is 0 Å². The van der Waals surface area contributed by atoms with Crippen molar-refractivity contribution in [1.82, 2.24) is 14.8 Å². The molecule has 4 nitrogen and oxygen atoms in total. The molecule has 4 fully saturated rings. The predicted molar refractivity (Wildman–Crippen MR) is 78.1 cm³/mol. The molecule has 1 aromatic heterocycles. The Morgan fingerprint density at radius 2 is 1.60 bits per heavy atom. The van der Waals surface area contributed by atoms with E-state index in [4.69, 9.17) is 15.8 Å². The van der Waals surface area contributed by atoms with Gasteiger partial charge >= 0.3 is 0 Å². The van der Waals surface area contributed by atoms with Crippen molar-refractivity contribution in [1.29, 1.82) is 0 Å². The van der Waals surface area contributed by atoms with E-state index in [1.807, 2.05) is 25.6 Å². The van der Waals surface area contributed by atoms with E-state index in [1.165, 1.54) is 38.5 Å². The van der Waals surface area contributed by atoms with E-state index in [9.17, 15) is 0 Å². The zero-order valence-electron chi connectivity index (χ0n) is 12.9. The summed E-state index contributed by atoms with van der Waals surface area (Å²) in [5.74, 6) is 4.80. The van der Waals surface area contributed by atoms with Crippen LogP contribution in [0.15, 0.2) is 0 Å². The molecule has 4 saturated carbocycles. The minimum absolute atomic E-state index is 0.274. The van der Waals surface area contributed by atoms with Crippen molar-refractivity contribution in [3.63, 3.8) is 0 Å². The molecule has 110 valence electrons. The summed E-state index contributed by atoms with van der Waals surface area (Å²) in [4.78, 5) is 4.90. The van der Waals surface area contributed by atoms with E-state index in [-0.39, 0.29) is 5.41 Å².